The van der Waals surface area contributed by atoms with Crippen molar-refractivity contribution in [1.82, 2.24) is 9.63 Å². The maximum atomic E-state index is 12.6. The Morgan fingerprint density at radius 3 is 2.78 bits per heavy atom. The van der Waals surface area contributed by atoms with Crippen LogP contribution in [0.5, 0.6) is 0 Å². The second-order valence-electron chi connectivity index (χ2n) is 6.05. The van der Waals surface area contributed by atoms with Gasteiger partial charge in [0, 0.05) is 17.8 Å². The normalized spacial score (nSPS) is 34.9. The van der Waals surface area contributed by atoms with Gasteiger partial charge >= 0.3 is 0 Å². The Bertz CT molecular complexity index is 606. The molecule has 3 heterocycles. The standard InChI is InChI=1S/C15H22N2O6/c1-16-6-3-5-10(16)9-4-2-7-17(14(9)21)23-15-13(20)12(19)11(8-18)22-15/h2,4,7,10-13,15,18-20H,3,5-6,8H2,1H3/t10?,11-,12-,13-,15+/m1/s1. The van der Waals surface area contributed by atoms with E-state index in [9.17, 15) is 15.0 Å². The number of hydrogen-bond acceptors (Lipinski definition) is 7. The molecular formula is C15H22N2O6. The molecule has 2 saturated heterocycles. The summed E-state index contributed by atoms with van der Waals surface area (Å²) >= 11 is 0. The van der Waals surface area contributed by atoms with Crippen LogP contribution in [-0.4, -0.2) is 69.8 Å². The second kappa shape index (κ2) is 6.58. The van der Waals surface area contributed by atoms with Crippen LogP contribution < -0.4 is 10.4 Å². The monoisotopic (exact) mass is 326 g/mol. The van der Waals surface area contributed by atoms with Gasteiger partial charge in [-0.1, -0.05) is 6.07 Å². The molecule has 1 unspecified atom stereocenters. The van der Waals surface area contributed by atoms with Gasteiger partial charge in [0.2, 0.25) is 0 Å². The van der Waals surface area contributed by atoms with Crippen molar-refractivity contribution in [2.24, 2.45) is 0 Å². The molecule has 5 atom stereocenters. The van der Waals surface area contributed by atoms with Crippen LogP contribution in [0.25, 0.3) is 0 Å². The molecule has 0 spiro atoms. The van der Waals surface area contributed by atoms with Crippen molar-refractivity contribution in [2.75, 3.05) is 20.2 Å². The molecule has 2 aliphatic rings. The van der Waals surface area contributed by atoms with E-state index < -0.39 is 31.2 Å². The van der Waals surface area contributed by atoms with Gasteiger partial charge in [0.05, 0.1) is 6.61 Å². The maximum Gasteiger partial charge on any atom is 0.287 e. The Morgan fingerprint density at radius 1 is 1.39 bits per heavy atom. The van der Waals surface area contributed by atoms with E-state index in [4.69, 9.17) is 14.7 Å². The van der Waals surface area contributed by atoms with Crippen LogP contribution in [0.4, 0.5) is 0 Å². The van der Waals surface area contributed by atoms with E-state index in [1.165, 1.54) is 6.20 Å². The van der Waals surface area contributed by atoms with Crippen molar-refractivity contribution in [3.63, 3.8) is 0 Å². The summed E-state index contributed by atoms with van der Waals surface area (Å²) in [6.07, 6.45) is -1.36. The minimum atomic E-state index is -1.34. The number of aliphatic hydroxyl groups is 3. The first kappa shape index (κ1) is 16.4. The van der Waals surface area contributed by atoms with Gasteiger partial charge in [0.15, 0.2) is 0 Å². The summed E-state index contributed by atoms with van der Waals surface area (Å²) in [5, 5.41) is 28.7. The molecule has 0 aromatic carbocycles. The summed E-state index contributed by atoms with van der Waals surface area (Å²) < 4.78 is 6.25. The fraction of sp³-hybridized carbons (Fsp3) is 0.667. The molecule has 23 heavy (non-hydrogen) atoms. The Hall–Kier alpha value is -1.45. The van der Waals surface area contributed by atoms with E-state index in [1.807, 2.05) is 7.05 Å². The third-order valence-electron chi connectivity index (χ3n) is 4.54. The largest absolute Gasteiger partial charge is 0.394 e. The second-order valence-corrected chi connectivity index (χ2v) is 6.05. The van der Waals surface area contributed by atoms with E-state index in [-0.39, 0.29) is 11.6 Å². The van der Waals surface area contributed by atoms with Crippen molar-refractivity contribution in [1.29, 1.82) is 0 Å². The number of aliphatic hydroxyl groups excluding tert-OH is 3. The molecule has 0 aliphatic carbocycles. The number of rotatable bonds is 4. The highest BCUT2D eigenvalue weighted by molar-refractivity contribution is 5.16. The lowest BCUT2D eigenvalue weighted by atomic mass is 10.1. The van der Waals surface area contributed by atoms with Crippen LogP contribution in [0.2, 0.25) is 0 Å². The zero-order valence-electron chi connectivity index (χ0n) is 12.9. The molecule has 3 N–H and O–H groups in total. The van der Waals surface area contributed by atoms with Crippen molar-refractivity contribution in [3.8, 4) is 0 Å². The molecule has 0 bridgehead atoms. The minimum absolute atomic E-state index is 0.0451. The summed E-state index contributed by atoms with van der Waals surface area (Å²) in [7, 11) is 1.97. The van der Waals surface area contributed by atoms with Crippen LogP contribution in [0.1, 0.15) is 24.4 Å². The van der Waals surface area contributed by atoms with Gasteiger partial charge in [-0.2, -0.15) is 0 Å². The Kier molecular flexibility index (Phi) is 4.69. The fourth-order valence-electron chi connectivity index (χ4n) is 3.20. The molecule has 0 saturated carbocycles. The van der Waals surface area contributed by atoms with Gasteiger partial charge in [-0.25, -0.2) is 0 Å². The summed E-state index contributed by atoms with van der Waals surface area (Å²) in [4.78, 5) is 20.1. The average molecular weight is 326 g/mol. The molecule has 2 aliphatic heterocycles. The molecule has 8 nitrogen and oxygen atoms in total. The lowest BCUT2D eigenvalue weighted by molar-refractivity contribution is -0.173. The molecule has 0 radical (unpaired) electrons. The molecule has 8 heteroatoms. The van der Waals surface area contributed by atoms with Crippen LogP contribution >= 0.6 is 0 Å². The number of nitrogens with zero attached hydrogens (tertiary/aromatic N) is 2. The molecule has 1 aromatic rings. The zero-order valence-corrected chi connectivity index (χ0v) is 12.9. The highest BCUT2D eigenvalue weighted by Crippen LogP contribution is 2.28. The van der Waals surface area contributed by atoms with Crippen LogP contribution in [0, 0.1) is 0 Å². The van der Waals surface area contributed by atoms with Gasteiger partial charge in [0.25, 0.3) is 11.8 Å². The summed E-state index contributed by atoms with van der Waals surface area (Å²) in [6.45, 7) is 0.495. The number of aromatic nitrogens is 1. The molecule has 3 rings (SSSR count). The van der Waals surface area contributed by atoms with E-state index in [0.717, 1.165) is 24.1 Å². The van der Waals surface area contributed by atoms with Crippen LogP contribution in [0.15, 0.2) is 23.1 Å². The fourth-order valence-corrected chi connectivity index (χ4v) is 3.20. The molecule has 1 aromatic heterocycles. The smallest absolute Gasteiger partial charge is 0.287 e. The quantitative estimate of drug-likeness (QED) is 0.617. The van der Waals surface area contributed by atoms with Crippen LogP contribution in [0.3, 0.4) is 0 Å². The maximum absolute atomic E-state index is 12.6. The van der Waals surface area contributed by atoms with Crippen molar-refractivity contribution in [3.05, 3.63) is 34.2 Å². The first-order chi connectivity index (χ1) is 11.0. The van der Waals surface area contributed by atoms with Crippen LogP contribution in [-0.2, 0) is 4.74 Å². The SMILES string of the molecule is CN1CCCC1c1cccn(O[C@@H]2O[C@H](CO)[C@@H](O)[C@H]2O)c1=O. The van der Waals surface area contributed by atoms with E-state index in [2.05, 4.69) is 4.90 Å². The topological polar surface area (TPSA) is 104 Å². The third kappa shape index (κ3) is 3.00. The lowest BCUT2D eigenvalue weighted by Gasteiger charge is -2.21. The van der Waals surface area contributed by atoms with Gasteiger partial charge in [0.1, 0.15) is 18.3 Å². The predicted molar refractivity (Wildman–Crippen MR) is 79.6 cm³/mol. The summed E-state index contributed by atoms with van der Waals surface area (Å²) in [5.74, 6) is 0. The number of hydrogen-bond donors (Lipinski definition) is 3. The zero-order chi connectivity index (χ0) is 16.6. The average Bonchev–Trinajstić information content (AvgIpc) is 3.08. The molecular weight excluding hydrogens is 304 g/mol. The number of ether oxygens (including phenoxy) is 1. The summed E-state index contributed by atoms with van der Waals surface area (Å²) in [6, 6.07) is 3.51. The molecule has 2 fully saturated rings. The Balaban J connectivity index is 1.80. The van der Waals surface area contributed by atoms with E-state index in [1.54, 1.807) is 12.1 Å². The summed E-state index contributed by atoms with van der Waals surface area (Å²) in [5.41, 5.74) is 0.309. The van der Waals surface area contributed by atoms with Crippen molar-refractivity contribution < 1.29 is 24.9 Å². The van der Waals surface area contributed by atoms with Gasteiger partial charge in [-0.05, 0) is 32.5 Å². The van der Waals surface area contributed by atoms with Crippen molar-refractivity contribution in [2.45, 2.75) is 43.5 Å². The van der Waals surface area contributed by atoms with Gasteiger partial charge in [-0.3, -0.25) is 9.69 Å². The predicted octanol–water partition coefficient (Wildman–Crippen LogP) is -1.52. The van der Waals surface area contributed by atoms with Gasteiger partial charge in [-0.15, -0.1) is 4.73 Å². The third-order valence-corrected chi connectivity index (χ3v) is 4.54. The van der Waals surface area contributed by atoms with E-state index >= 15 is 0 Å². The van der Waals surface area contributed by atoms with Crippen molar-refractivity contribution >= 4 is 0 Å². The first-order valence-electron chi connectivity index (χ1n) is 7.74. The Morgan fingerprint density at radius 2 is 2.17 bits per heavy atom. The van der Waals surface area contributed by atoms with Gasteiger partial charge < -0.3 is 24.9 Å². The lowest BCUT2D eigenvalue weighted by Crippen LogP contribution is -2.42. The molecule has 0 amide bonds. The minimum Gasteiger partial charge on any atom is -0.394 e. The Labute approximate surface area is 133 Å². The molecule has 128 valence electrons. The number of likely N-dealkylation sites (tertiary alicyclic amines) is 1. The first-order valence-corrected chi connectivity index (χ1v) is 7.74. The highest BCUT2D eigenvalue weighted by atomic mass is 16.8. The van der Waals surface area contributed by atoms with E-state index in [0.29, 0.717) is 5.56 Å². The number of pyridine rings is 1. The highest BCUT2D eigenvalue weighted by Gasteiger charge is 2.44.